The molecule has 0 aliphatic rings. The lowest BCUT2D eigenvalue weighted by Gasteiger charge is -2.15. The van der Waals surface area contributed by atoms with E-state index in [4.69, 9.17) is 19.9 Å². The summed E-state index contributed by atoms with van der Waals surface area (Å²) < 4.78 is 15.9. The zero-order valence-corrected chi connectivity index (χ0v) is 12.2. The van der Waals surface area contributed by atoms with E-state index in [1.807, 2.05) is 12.1 Å². The Hall–Kier alpha value is -1.46. The largest absolute Gasteiger partial charge is 0.496 e. The van der Waals surface area contributed by atoms with Crippen LogP contribution in [0.4, 0.5) is 0 Å². The fourth-order valence-corrected chi connectivity index (χ4v) is 1.77. The lowest BCUT2D eigenvalue weighted by Crippen LogP contribution is -2.25. The average Bonchev–Trinajstić information content (AvgIpc) is 2.46. The van der Waals surface area contributed by atoms with E-state index in [1.165, 1.54) is 0 Å². The summed E-state index contributed by atoms with van der Waals surface area (Å²) in [5.74, 6) is 2.60. The normalized spacial score (nSPS) is 12.1. The van der Waals surface area contributed by atoms with Crippen LogP contribution in [-0.2, 0) is 6.54 Å². The monoisotopic (exact) mass is 268 g/mol. The summed E-state index contributed by atoms with van der Waals surface area (Å²) in [5, 5.41) is 3.36. The number of benzene rings is 1. The zero-order chi connectivity index (χ0) is 14.3. The van der Waals surface area contributed by atoms with E-state index < -0.39 is 0 Å². The summed E-state index contributed by atoms with van der Waals surface area (Å²) >= 11 is 0. The SMILES string of the molecule is COc1cc(OC)c(OC)cc1CNCC(C)CN. The van der Waals surface area contributed by atoms with E-state index in [9.17, 15) is 0 Å². The van der Waals surface area contributed by atoms with Crippen LogP contribution in [0.5, 0.6) is 17.2 Å². The fourth-order valence-electron chi connectivity index (χ4n) is 1.77. The maximum atomic E-state index is 5.59. The van der Waals surface area contributed by atoms with Gasteiger partial charge in [-0.25, -0.2) is 0 Å². The molecule has 0 aliphatic heterocycles. The van der Waals surface area contributed by atoms with Gasteiger partial charge in [-0.05, 0) is 25.1 Å². The predicted molar refractivity (Wildman–Crippen MR) is 76.0 cm³/mol. The van der Waals surface area contributed by atoms with Crippen molar-refractivity contribution >= 4 is 0 Å². The van der Waals surface area contributed by atoms with Crippen LogP contribution in [0.3, 0.4) is 0 Å². The van der Waals surface area contributed by atoms with Gasteiger partial charge in [0.15, 0.2) is 11.5 Å². The van der Waals surface area contributed by atoms with Crippen LogP contribution in [0, 0.1) is 5.92 Å². The highest BCUT2D eigenvalue weighted by Crippen LogP contribution is 2.34. The second-order valence-corrected chi connectivity index (χ2v) is 4.49. The van der Waals surface area contributed by atoms with Gasteiger partial charge in [-0.2, -0.15) is 0 Å². The molecular weight excluding hydrogens is 244 g/mol. The zero-order valence-electron chi connectivity index (χ0n) is 12.2. The molecule has 0 bridgehead atoms. The topological polar surface area (TPSA) is 65.7 Å². The molecule has 0 amide bonds. The summed E-state index contributed by atoms with van der Waals surface area (Å²) in [6.07, 6.45) is 0. The quantitative estimate of drug-likeness (QED) is 0.746. The molecule has 5 heteroatoms. The third-order valence-corrected chi connectivity index (χ3v) is 3.00. The molecule has 0 aliphatic carbocycles. The Kier molecular flexibility index (Phi) is 6.45. The van der Waals surface area contributed by atoms with Crippen molar-refractivity contribution in [1.29, 1.82) is 0 Å². The third kappa shape index (κ3) is 4.29. The van der Waals surface area contributed by atoms with Crippen LogP contribution in [0.25, 0.3) is 0 Å². The molecule has 0 heterocycles. The van der Waals surface area contributed by atoms with E-state index >= 15 is 0 Å². The minimum atomic E-state index is 0.450. The van der Waals surface area contributed by atoms with Gasteiger partial charge in [-0.1, -0.05) is 6.92 Å². The number of nitrogens with two attached hydrogens (primary N) is 1. The Bertz CT molecular complexity index is 397. The van der Waals surface area contributed by atoms with Crippen LogP contribution in [-0.4, -0.2) is 34.4 Å². The molecule has 0 saturated carbocycles. The Morgan fingerprint density at radius 1 is 1.05 bits per heavy atom. The molecule has 0 fully saturated rings. The molecular formula is C14H24N2O3. The van der Waals surface area contributed by atoms with Crippen molar-refractivity contribution in [2.75, 3.05) is 34.4 Å². The van der Waals surface area contributed by atoms with Crippen molar-refractivity contribution in [2.45, 2.75) is 13.5 Å². The molecule has 0 radical (unpaired) electrons. The van der Waals surface area contributed by atoms with Crippen molar-refractivity contribution < 1.29 is 14.2 Å². The van der Waals surface area contributed by atoms with Crippen molar-refractivity contribution in [2.24, 2.45) is 11.7 Å². The Balaban J connectivity index is 2.80. The molecule has 0 spiro atoms. The highest BCUT2D eigenvalue weighted by molar-refractivity contribution is 5.50. The number of methoxy groups -OCH3 is 3. The smallest absolute Gasteiger partial charge is 0.164 e. The Morgan fingerprint density at radius 3 is 2.16 bits per heavy atom. The van der Waals surface area contributed by atoms with Gasteiger partial charge in [0.2, 0.25) is 0 Å². The van der Waals surface area contributed by atoms with Crippen molar-refractivity contribution in [3.05, 3.63) is 17.7 Å². The molecule has 1 aromatic rings. The first kappa shape index (κ1) is 15.6. The number of hydrogen-bond acceptors (Lipinski definition) is 5. The molecule has 0 aromatic heterocycles. The number of rotatable bonds is 8. The highest BCUT2D eigenvalue weighted by Gasteiger charge is 2.11. The van der Waals surface area contributed by atoms with Crippen molar-refractivity contribution in [3.63, 3.8) is 0 Å². The van der Waals surface area contributed by atoms with Gasteiger partial charge in [-0.3, -0.25) is 0 Å². The van der Waals surface area contributed by atoms with Crippen molar-refractivity contribution in [3.8, 4) is 17.2 Å². The van der Waals surface area contributed by atoms with Crippen LogP contribution < -0.4 is 25.3 Å². The van der Waals surface area contributed by atoms with Gasteiger partial charge in [0, 0.05) is 18.2 Å². The molecule has 3 N–H and O–H groups in total. The van der Waals surface area contributed by atoms with Crippen LogP contribution >= 0.6 is 0 Å². The molecule has 1 atom stereocenters. The molecule has 1 rings (SSSR count). The van der Waals surface area contributed by atoms with Crippen LogP contribution in [0.1, 0.15) is 12.5 Å². The second kappa shape index (κ2) is 7.86. The maximum Gasteiger partial charge on any atom is 0.164 e. The summed E-state index contributed by atoms with van der Waals surface area (Å²) in [5.41, 5.74) is 6.62. The average molecular weight is 268 g/mol. The maximum absolute atomic E-state index is 5.59. The second-order valence-electron chi connectivity index (χ2n) is 4.49. The summed E-state index contributed by atoms with van der Waals surface area (Å²) in [6.45, 7) is 4.36. The van der Waals surface area contributed by atoms with Crippen LogP contribution in [0.2, 0.25) is 0 Å². The summed E-state index contributed by atoms with van der Waals surface area (Å²) in [7, 11) is 4.88. The Morgan fingerprint density at radius 2 is 1.63 bits per heavy atom. The van der Waals surface area contributed by atoms with Gasteiger partial charge in [-0.15, -0.1) is 0 Å². The first-order valence-corrected chi connectivity index (χ1v) is 6.35. The van der Waals surface area contributed by atoms with Gasteiger partial charge in [0.05, 0.1) is 21.3 Å². The van der Waals surface area contributed by atoms with Crippen molar-refractivity contribution in [1.82, 2.24) is 5.32 Å². The molecule has 1 aromatic carbocycles. The summed E-state index contributed by atoms with van der Waals surface area (Å²) in [6, 6.07) is 3.76. The molecule has 5 nitrogen and oxygen atoms in total. The molecule has 0 saturated heterocycles. The molecule has 19 heavy (non-hydrogen) atoms. The van der Waals surface area contributed by atoms with E-state index in [2.05, 4.69) is 12.2 Å². The van der Waals surface area contributed by atoms with E-state index in [0.29, 0.717) is 30.5 Å². The third-order valence-electron chi connectivity index (χ3n) is 3.00. The van der Waals surface area contributed by atoms with Gasteiger partial charge < -0.3 is 25.3 Å². The van der Waals surface area contributed by atoms with Crippen LogP contribution in [0.15, 0.2) is 12.1 Å². The minimum Gasteiger partial charge on any atom is -0.496 e. The number of hydrogen-bond donors (Lipinski definition) is 2. The molecule has 108 valence electrons. The minimum absolute atomic E-state index is 0.450. The van der Waals surface area contributed by atoms with Gasteiger partial charge in [0.25, 0.3) is 0 Å². The summed E-state index contributed by atoms with van der Waals surface area (Å²) in [4.78, 5) is 0. The highest BCUT2D eigenvalue weighted by atomic mass is 16.5. The number of ether oxygens (including phenoxy) is 3. The first-order chi connectivity index (χ1) is 9.15. The van der Waals surface area contributed by atoms with Gasteiger partial charge >= 0.3 is 0 Å². The molecule has 1 unspecified atom stereocenters. The lowest BCUT2D eigenvalue weighted by molar-refractivity contribution is 0.347. The number of nitrogens with one attached hydrogen (secondary N) is 1. The Labute approximate surface area is 115 Å². The predicted octanol–water partition coefficient (Wildman–Crippen LogP) is 1.40. The van der Waals surface area contributed by atoms with E-state index in [0.717, 1.165) is 17.9 Å². The van der Waals surface area contributed by atoms with E-state index in [-0.39, 0.29) is 0 Å². The van der Waals surface area contributed by atoms with Gasteiger partial charge in [0.1, 0.15) is 5.75 Å². The fraction of sp³-hybridized carbons (Fsp3) is 0.571. The lowest BCUT2D eigenvalue weighted by atomic mass is 10.1. The standard InChI is InChI=1S/C14H24N2O3/c1-10(7-15)8-16-9-11-5-13(18-3)14(19-4)6-12(11)17-2/h5-6,10,16H,7-9,15H2,1-4H3. The van der Waals surface area contributed by atoms with E-state index in [1.54, 1.807) is 21.3 Å². The first-order valence-electron chi connectivity index (χ1n) is 6.35.